The lowest BCUT2D eigenvalue weighted by molar-refractivity contribution is -0.135. The second-order valence-corrected chi connectivity index (χ2v) is 5.36. The zero-order chi connectivity index (χ0) is 14.4. The van der Waals surface area contributed by atoms with E-state index in [1.807, 2.05) is 17.9 Å². The molecule has 1 aromatic carbocycles. The molecule has 0 N–H and O–H groups in total. The van der Waals surface area contributed by atoms with Gasteiger partial charge in [0.15, 0.2) is 0 Å². The average molecular weight is 272 g/mol. The topological polar surface area (TPSA) is 23.6 Å². The van der Waals surface area contributed by atoms with Crippen molar-refractivity contribution >= 4 is 12.0 Å². The van der Waals surface area contributed by atoms with Crippen LogP contribution in [-0.2, 0) is 4.79 Å². The van der Waals surface area contributed by atoms with Crippen LogP contribution in [0.2, 0.25) is 0 Å². The van der Waals surface area contributed by atoms with E-state index in [1.54, 1.807) is 0 Å². The van der Waals surface area contributed by atoms with Gasteiger partial charge in [-0.15, -0.1) is 0 Å². The van der Waals surface area contributed by atoms with Crippen LogP contribution in [0.5, 0.6) is 0 Å². The maximum Gasteiger partial charge on any atom is 0.222 e. The number of benzene rings is 1. The Morgan fingerprint density at radius 1 is 1.30 bits per heavy atom. The van der Waals surface area contributed by atoms with E-state index >= 15 is 0 Å². The van der Waals surface area contributed by atoms with E-state index in [4.69, 9.17) is 0 Å². The molecular formula is C17H24N2O. The lowest BCUT2D eigenvalue weighted by Crippen LogP contribution is -2.53. The summed E-state index contributed by atoms with van der Waals surface area (Å²) in [7, 11) is 0. The third-order valence-electron chi connectivity index (χ3n) is 3.81. The molecule has 1 atom stereocenters. The van der Waals surface area contributed by atoms with Crippen LogP contribution in [0.15, 0.2) is 36.4 Å². The number of nitrogens with zero attached hydrogens (tertiary/aromatic N) is 2. The Bertz CT molecular complexity index is 455. The molecule has 2 rings (SSSR count). The summed E-state index contributed by atoms with van der Waals surface area (Å²) >= 11 is 0. The summed E-state index contributed by atoms with van der Waals surface area (Å²) in [6.07, 6.45) is 4.98. The van der Waals surface area contributed by atoms with Gasteiger partial charge in [0, 0.05) is 38.6 Å². The van der Waals surface area contributed by atoms with Crippen LogP contribution in [0.3, 0.4) is 0 Å². The van der Waals surface area contributed by atoms with E-state index in [-0.39, 0.29) is 5.91 Å². The minimum atomic E-state index is 0.275. The quantitative estimate of drug-likeness (QED) is 0.841. The molecule has 0 spiro atoms. The van der Waals surface area contributed by atoms with Crippen LogP contribution in [-0.4, -0.2) is 47.9 Å². The molecule has 1 fully saturated rings. The van der Waals surface area contributed by atoms with Crippen LogP contribution in [0, 0.1) is 0 Å². The molecule has 1 aromatic rings. The highest BCUT2D eigenvalue weighted by Gasteiger charge is 2.25. The van der Waals surface area contributed by atoms with Crippen molar-refractivity contribution in [3.8, 4) is 0 Å². The van der Waals surface area contributed by atoms with Crippen molar-refractivity contribution in [1.29, 1.82) is 0 Å². The minimum Gasteiger partial charge on any atom is -0.337 e. The average Bonchev–Trinajstić information content (AvgIpc) is 2.48. The van der Waals surface area contributed by atoms with Crippen molar-refractivity contribution in [1.82, 2.24) is 9.80 Å². The lowest BCUT2D eigenvalue weighted by Gasteiger charge is -2.39. The monoisotopic (exact) mass is 272 g/mol. The predicted molar refractivity (Wildman–Crippen MR) is 83.4 cm³/mol. The Kier molecular flexibility index (Phi) is 5.36. The number of carbonyl (C=O) groups is 1. The summed E-state index contributed by atoms with van der Waals surface area (Å²) in [6, 6.07) is 10.7. The second-order valence-electron chi connectivity index (χ2n) is 5.36. The van der Waals surface area contributed by atoms with Gasteiger partial charge in [-0.05, 0) is 12.5 Å². The largest absolute Gasteiger partial charge is 0.337 e. The van der Waals surface area contributed by atoms with Gasteiger partial charge in [-0.2, -0.15) is 0 Å². The number of hydrogen-bond donors (Lipinski definition) is 0. The molecule has 0 aliphatic carbocycles. The van der Waals surface area contributed by atoms with Gasteiger partial charge in [0.25, 0.3) is 0 Å². The Labute approximate surface area is 121 Å². The van der Waals surface area contributed by atoms with Crippen molar-refractivity contribution in [3.05, 3.63) is 42.0 Å². The SMILES string of the molecule is CCC(=O)N1CCN(C/C=C/c2ccccc2)CC1C. The van der Waals surface area contributed by atoms with Crippen molar-refractivity contribution in [3.63, 3.8) is 0 Å². The van der Waals surface area contributed by atoms with Crippen LogP contribution < -0.4 is 0 Å². The molecule has 0 saturated carbocycles. The third-order valence-corrected chi connectivity index (χ3v) is 3.81. The van der Waals surface area contributed by atoms with E-state index in [1.165, 1.54) is 5.56 Å². The van der Waals surface area contributed by atoms with Crippen molar-refractivity contribution in [2.24, 2.45) is 0 Å². The molecule has 1 unspecified atom stereocenters. The number of hydrogen-bond acceptors (Lipinski definition) is 2. The van der Waals surface area contributed by atoms with E-state index in [2.05, 4.69) is 48.2 Å². The first-order valence-corrected chi connectivity index (χ1v) is 7.44. The summed E-state index contributed by atoms with van der Waals surface area (Å²) < 4.78 is 0. The Morgan fingerprint density at radius 3 is 2.70 bits per heavy atom. The Balaban J connectivity index is 1.82. The van der Waals surface area contributed by atoms with Crippen LogP contribution in [0.25, 0.3) is 6.08 Å². The summed E-state index contributed by atoms with van der Waals surface area (Å²) in [5.74, 6) is 0.275. The van der Waals surface area contributed by atoms with Crippen LogP contribution in [0.4, 0.5) is 0 Å². The molecule has 1 aliphatic heterocycles. The molecule has 0 radical (unpaired) electrons. The summed E-state index contributed by atoms with van der Waals surface area (Å²) in [5, 5.41) is 0. The van der Waals surface area contributed by atoms with E-state index in [0.29, 0.717) is 12.5 Å². The van der Waals surface area contributed by atoms with E-state index in [9.17, 15) is 4.79 Å². The second kappa shape index (κ2) is 7.25. The number of carbonyl (C=O) groups excluding carboxylic acids is 1. The highest BCUT2D eigenvalue weighted by atomic mass is 16.2. The summed E-state index contributed by atoms with van der Waals surface area (Å²) in [4.78, 5) is 16.2. The van der Waals surface area contributed by atoms with Gasteiger partial charge in [0.1, 0.15) is 0 Å². The van der Waals surface area contributed by atoms with E-state index < -0.39 is 0 Å². The van der Waals surface area contributed by atoms with Crippen molar-refractivity contribution < 1.29 is 4.79 Å². The first-order valence-electron chi connectivity index (χ1n) is 7.44. The maximum absolute atomic E-state index is 11.8. The van der Waals surface area contributed by atoms with Gasteiger partial charge in [-0.25, -0.2) is 0 Å². The van der Waals surface area contributed by atoms with Crippen molar-refractivity contribution in [2.75, 3.05) is 26.2 Å². The predicted octanol–water partition coefficient (Wildman–Crippen LogP) is 2.64. The molecule has 1 saturated heterocycles. The standard InChI is InChI=1S/C17H24N2O/c1-3-17(20)19-13-12-18(14-15(19)2)11-7-10-16-8-5-4-6-9-16/h4-10,15H,3,11-14H2,1-2H3/b10-7+. The smallest absolute Gasteiger partial charge is 0.222 e. The number of amides is 1. The molecule has 0 bridgehead atoms. The van der Waals surface area contributed by atoms with Crippen LogP contribution >= 0.6 is 0 Å². The minimum absolute atomic E-state index is 0.275. The first-order chi connectivity index (χ1) is 9.70. The first kappa shape index (κ1) is 14.8. The highest BCUT2D eigenvalue weighted by Crippen LogP contribution is 2.11. The summed E-state index contributed by atoms with van der Waals surface area (Å²) in [5.41, 5.74) is 1.24. The molecule has 1 amide bonds. The molecular weight excluding hydrogens is 248 g/mol. The molecule has 3 heteroatoms. The fourth-order valence-electron chi connectivity index (χ4n) is 2.67. The zero-order valence-corrected chi connectivity index (χ0v) is 12.5. The van der Waals surface area contributed by atoms with Gasteiger partial charge in [0.05, 0.1) is 0 Å². The fourth-order valence-corrected chi connectivity index (χ4v) is 2.67. The third kappa shape index (κ3) is 3.94. The zero-order valence-electron chi connectivity index (χ0n) is 12.5. The number of rotatable bonds is 4. The van der Waals surface area contributed by atoms with Crippen molar-refractivity contribution in [2.45, 2.75) is 26.3 Å². The summed E-state index contributed by atoms with van der Waals surface area (Å²) in [6.45, 7) is 7.81. The molecule has 1 heterocycles. The van der Waals surface area contributed by atoms with Gasteiger partial charge < -0.3 is 4.90 Å². The number of piperazine rings is 1. The maximum atomic E-state index is 11.8. The van der Waals surface area contributed by atoms with Crippen LogP contribution in [0.1, 0.15) is 25.8 Å². The highest BCUT2D eigenvalue weighted by molar-refractivity contribution is 5.76. The normalized spacial score (nSPS) is 20.5. The molecule has 108 valence electrons. The molecule has 1 aliphatic rings. The molecule has 0 aromatic heterocycles. The fraction of sp³-hybridized carbons (Fsp3) is 0.471. The Morgan fingerprint density at radius 2 is 2.05 bits per heavy atom. The Hall–Kier alpha value is -1.61. The molecule has 20 heavy (non-hydrogen) atoms. The van der Waals surface area contributed by atoms with Gasteiger partial charge in [0.2, 0.25) is 5.91 Å². The lowest BCUT2D eigenvalue weighted by atomic mass is 10.1. The van der Waals surface area contributed by atoms with Gasteiger partial charge in [-0.1, -0.05) is 49.4 Å². The molecule has 3 nitrogen and oxygen atoms in total. The van der Waals surface area contributed by atoms with Gasteiger partial charge in [-0.3, -0.25) is 9.69 Å². The van der Waals surface area contributed by atoms with Gasteiger partial charge >= 0.3 is 0 Å². The van der Waals surface area contributed by atoms with E-state index in [0.717, 1.165) is 26.2 Å².